The Kier molecular flexibility index (Phi) is 7.87. The van der Waals surface area contributed by atoms with E-state index in [0.29, 0.717) is 16.9 Å². The van der Waals surface area contributed by atoms with Gasteiger partial charge in [-0.15, -0.1) is 11.8 Å². The van der Waals surface area contributed by atoms with Gasteiger partial charge in [0.05, 0.1) is 13.7 Å². The number of carbonyl (C=O) groups is 2. The van der Waals surface area contributed by atoms with Gasteiger partial charge in [-0.25, -0.2) is 9.59 Å². The molecule has 0 fully saturated rings. The lowest BCUT2D eigenvalue weighted by atomic mass is 9.65. The highest BCUT2D eigenvalue weighted by atomic mass is 32.2. The van der Waals surface area contributed by atoms with Crippen LogP contribution >= 0.6 is 11.8 Å². The summed E-state index contributed by atoms with van der Waals surface area (Å²) >= 11 is 1.24. The molecule has 0 aromatic carbocycles. The summed E-state index contributed by atoms with van der Waals surface area (Å²) in [4.78, 5) is 25.0. The van der Waals surface area contributed by atoms with E-state index in [0.717, 1.165) is 5.57 Å². The van der Waals surface area contributed by atoms with Crippen LogP contribution in [-0.2, 0) is 19.1 Å². The van der Waals surface area contributed by atoms with Crippen LogP contribution in [0.4, 0.5) is 0 Å². The number of rotatable bonds is 5. The van der Waals surface area contributed by atoms with Crippen molar-refractivity contribution in [3.63, 3.8) is 0 Å². The lowest BCUT2D eigenvalue weighted by molar-refractivity contribution is -0.138. The number of nitrogens with zero attached hydrogens (tertiary/aromatic N) is 2. The van der Waals surface area contributed by atoms with Crippen LogP contribution in [0.25, 0.3) is 0 Å². The van der Waals surface area contributed by atoms with Crippen LogP contribution in [0.2, 0.25) is 0 Å². The van der Waals surface area contributed by atoms with Crippen molar-refractivity contribution in [2.75, 3.05) is 20.0 Å². The number of esters is 2. The maximum Gasteiger partial charge on any atom is 0.349 e. The van der Waals surface area contributed by atoms with Crippen molar-refractivity contribution in [1.82, 2.24) is 0 Å². The fourth-order valence-corrected chi connectivity index (χ4v) is 4.47. The molecular formula is C20H24N2O4S. The first-order valence-electron chi connectivity index (χ1n) is 8.43. The second-order valence-electron chi connectivity index (χ2n) is 6.80. The monoisotopic (exact) mass is 388 g/mol. The van der Waals surface area contributed by atoms with Gasteiger partial charge in [0.1, 0.15) is 23.3 Å². The smallest absolute Gasteiger partial charge is 0.349 e. The highest BCUT2D eigenvalue weighted by Crippen LogP contribution is 2.51. The number of thioether (sulfide) groups is 1. The van der Waals surface area contributed by atoms with Crippen LogP contribution in [0, 0.1) is 34.0 Å². The van der Waals surface area contributed by atoms with Crippen molar-refractivity contribution >= 4 is 23.7 Å². The van der Waals surface area contributed by atoms with Gasteiger partial charge in [0.25, 0.3) is 0 Å². The molecule has 7 heteroatoms. The lowest BCUT2D eigenvalue weighted by Crippen LogP contribution is -2.32. The molecule has 1 rings (SSSR count). The van der Waals surface area contributed by atoms with Gasteiger partial charge in [-0.2, -0.15) is 10.5 Å². The number of hydrogen-bond donors (Lipinski definition) is 0. The predicted molar refractivity (Wildman–Crippen MR) is 103 cm³/mol. The third-order valence-electron chi connectivity index (χ3n) is 4.34. The second kappa shape index (κ2) is 9.43. The zero-order chi connectivity index (χ0) is 20.8. The zero-order valence-corrected chi connectivity index (χ0v) is 17.3. The van der Waals surface area contributed by atoms with Crippen LogP contribution in [-0.4, -0.2) is 31.9 Å². The Bertz CT molecular complexity index is 807. The van der Waals surface area contributed by atoms with E-state index < -0.39 is 23.3 Å². The van der Waals surface area contributed by atoms with Gasteiger partial charge in [0.15, 0.2) is 0 Å². The van der Waals surface area contributed by atoms with Crippen molar-refractivity contribution in [2.45, 2.75) is 34.1 Å². The first kappa shape index (κ1) is 22.5. The van der Waals surface area contributed by atoms with E-state index in [1.165, 1.54) is 18.9 Å². The fraction of sp³-hybridized carbons (Fsp3) is 0.500. The largest absolute Gasteiger partial charge is 0.465 e. The molecule has 6 nitrogen and oxygen atoms in total. The minimum atomic E-state index is -0.738. The third kappa shape index (κ3) is 4.81. The van der Waals surface area contributed by atoms with E-state index in [9.17, 15) is 20.1 Å². The van der Waals surface area contributed by atoms with Crippen molar-refractivity contribution in [3.8, 4) is 12.1 Å². The average molecular weight is 388 g/mol. The van der Waals surface area contributed by atoms with Crippen molar-refractivity contribution < 1.29 is 19.1 Å². The van der Waals surface area contributed by atoms with E-state index in [1.807, 2.05) is 32.9 Å². The van der Waals surface area contributed by atoms with E-state index in [1.54, 1.807) is 19.3 Å². The molecule has 0 saturated carbocycles. The maximum absolute atomic E-state index is 12.4. The summed E-state index contributed by atoms with van der Waals surface area (Å²) in [7, 11) is 1.21. The van der Waals surface area contributed by atoms with Gasteiger partial charge < -0.3 is 9.47 Å². The molecule has 0 radical (unpaired) electrons. The maximum atomic E-state index is 12.4. The predicted octanol–water partition coefficient (Wildman–Crippen LogP) is 3.68. The highest BCUT2D eigenvalue weighted by molar-refractivity contribution is 8.02. The first-order valence-corrected chi connectivity index (χ1v) is 9.66. The second-order valence-corrected chi connectivity index (χ2v) is 7.65. The van der Waals surface area contributed by atoms with Crippen LogP contribution in [0.5, 0.6) is 0 Å². The molecule has 0 N–H and O–H groups in total. The van der Waals surface area contributed by atoms with E-state index >= 15 is 0 Å². The number of hydrogen-bond acceptors (Lipinski definition) is 7. The summed E-state index contributed by atoms with van der Waals surface area (Å²) in [5.74, 6) is -1.94. The Morgan fingerprint density at radius 2 is 1.93 bits per heavy atom. The Morgan fingerprint density at radius 3 is 2.37 bits per heavy atom. The van der Waals surface area contributed by atoms with Gasteiger partial charge in [-0.1, -0.05) is 25.5 Å². The molecule has 0 bridgehead atoms. The molecule has 1 unspecified atom stereocenters. The molecule has 0 saturated heterocycles. The van der Waals surface area contributed by atoms with Gasteiger partial charge in [-0.05, 0) is 37.5 Å². The number of ether oxygens (including phenoxy) is 2. The Labute approximate surface area is 164 Å². The van der Waals surface area contributed by atoms with Crippen LogP contribution in [0.3, 0.4) is 0 Å². The minimum Gasteiger partial charge on any atom is -0.465 e. The molecule has 0 aliphatic heterocycles. The van der Waals surface area contributed by atoms with E-state index in [2.05, 4.69) is 0 Å². The summed E-state index contributed by atoms with van der Waals surface area (Å²) < 4.78 is 9.79. The van der Waals surface area contributed by atoms with Gasteiger partial charge in [0.2, 0.25) is 0 Å². The molecule has 27 heavy (non-hydrogen) atoms. The van der Waals surface area contributed by atoms with Crippen LogP contribution in [0.15, 0.2) is 33.3 Å². The molecule has 0 aromatic rings. The van der Waals surface area contributed by atoms with Gasteiger partial charge in [0, 0.05) is 10.8 Å². The summed E-state index contributed by atoms with van der Waals surface area (Å²) in [5, 5.41) is 19.2. The van der Waals surface area contributed by atoms with Crippen molar-refractivity contribution in [1.29, 1.82) is 10.5 Å². The summed E-state index contributed by atoms with van der Waals surface area (Å²) in [5.41, 5.74) is 0.806. The Balaban J connectivity index is 3.89. The minimum absolute atomic E-state index is 0.109. The molecule has 1 aliphatic carbocycles. The fourth-order valence-electron chi connectivity index (χ4n) is 3.45. The molecule has 1 aliphatic rings. The molecular weight excluding hydrogens is 364 g/mol. The molecule has 1 atom stereocenters. The Hall–Kier alpha value is -2.51. The summed E-state index contributed by atoms with van der Waals surface area (Å²) in [6, 6.07) is 3.88. The number of nitriles is 2. The average Bonchev–Trinajstić information content (AvgIpc) is 2.59. The molecule has 0 heterocycles. The molecule has 144 valence electrons. The van der Waals surface area contributed by atoms with E-state index in [4.69, 9.17) is 9.47 Å². The normalized spacial score (nSPS) is 21.0. The first-order chi connectivity index (χ1) is 12.7. The van der Waals surface area contributed by atoms with Gasteiger partial charge in [-0.3, -0.25) is 0 Å². The Morgan fingerprint density at radius 1 is 1.30 bits per heavy atom. The summed E-state index contributed by atoms with van der Waals surface area (Å²) in [6.45, 7) is 7.70. The number of carbonyl (C=O) groups excluding carboxylic acids is 2. The topological polar surface area (TPSA) is 100 Å². The number of allylic oxidation sites excluding steroid dienone is 4. The highest BCUT2D eigenvalue weighted by Gasteiger charge is 2.42. The molecule has 0 amide bonds. The lowest BCUT2D eigenvalue weighted by Gasteiger charge is -2.41. The molecule has 0 aromatic heterocycles. The van der Waals surface area contributed by atoms with Crippen LogP contribution in [0.1, 0.15) is 34.1 Å². The third-order valence-corrected chi connectivity index (χ3v) is 5.22. The number of methoxy groups -OCH3 is 1. The van der Waals surface area contributed by atoms with Gasteiger partial charge >= 0.3 is 11.9 Å². The van der Waals surface area contributed by atoms with Crippen molar-refractivity contribution in [2.24, 2.45) is 11.3 Å². The summed E-state index contributed by atoms with van der Waals surface area (Å²) in [6.07, 6.45) is 4.23. The quantitative estimate of drug-likeness (QED) is 0.402. The zero-order valence-electron chi connectivity index (χ0n) is 16.5. The van der Waals surface area contributed by atoms with Crippen LogP contribution < -0.4 is 0 Å². The van der Waals surface area contributed by atoms with E-state index in [-0.39, 0.29) is 17.8 Å². The molecule has 0 spiro atoms. The standard InChI is InChI=1S/C20H24N2O4S/c1-7-26-19(24)14(10-21)13-8-12(2)9-20(3,4)16(13)17(27-6)15(11-22)18(23)25-5/h8,16H,7,9H2,1-6H3/b14-13+,17-15-. The van der Waals surface area contributed by atoms with Crippen molar-refractivity contribution in [3.05, 3.63) is 33.3 Å². The SMILES string of the molecule is CCOC(=O)/C(C#N)=C1\C=C(C)CC(C)(C)C1/C(SC)=C(\C#N)C(=O)OC.